The Balaban J connectivity index is 1.72. The highest BCUT2D eigenvalue weighted by Crippen LogP contribution is 2.38. The molecule has 1 aromatic carbocycles. The molecule has 1 amide bonds. The van der Waals surface area contributed by atoms with E-state index in [0.29, 0.717) is 46.2 Å². The summed E-state index contributed by atoms with van der Waals surface area (Å²) in [6, 6.07) is 6.23. The molecule has 0 aliphatic carbocycles. The molecule has 8 nitrogen and oxygen atoms in total. The molecule has 2 aromatic heterocycles. The zero-order valence-corrected chi connectivity index (χ0v) is 17.3. The summed E-state index contributed by atoms with van der Waals surface area (Å²) in [7, 11) is 1.47. The van der Waals surface area contributed by atoms with Crippen molar-refractivity contribution < 1.29 is 19.0 Å². The molecule has 1 atom stereocenters. The highest BCUT2D eigenvalue weighted by Gasteiger charge is 2.28. The Hall–Kier alpha value is -3.72. The predicted octanol–water partition coefficient (Wildman–Crippen LogP) is 3.27. The van der Waals surface area contributed by atoms with Crippen molar-refractivity contribution in [2.24, 2.45) is 0 Å². The van der Waals surface area contributed by atoms with E-state index in [4.69, 9.17) is 4.74 Å². The van der Waals surface area contributed by atoms with Gasteiger partial charge in [0, 0.05) is 17.5 Å². The highest BCUT2D eigenvalue weighted by atomic mass is 19.1. The molecule has 3 heterocycles. The van der Waals surface area contributed by atoms with Crippen LogP contribution in [0.3, 0.4) is 0 Å². The molecule has 0 radical (unpaired) electrons. The van der Waals surface area contributed by atoms with E-state index in [1.54, 1.807) is 49.1 Å². The van der Waals surface area contributed by atoms with Gasteiger partial charge < -0.3 is 20.5 Å². The van der Waals surface area contributed by atoms with Crippen molar-refractivity contribution in [2.75, 3.05) is 17.7 Å². The Morgan fingerprint density at radius 1 is 1.39 bits per heavy atom. The van der Waals surface area contributed by atoms with Gasteiger partial charge in [0.25, 0.3) is 5.91 Å². The highest BCUT2D eigenvalue weighted by molar-refractivity contribution is 6.32. The molecular formula is C22H22FN5O3. The number of benzene rings is 1. The smallest absolute Gasteiger partial charge is 0.258 e. The average Bonchev–Trinajstić information content (AvgIpc) is 3.29. The van der Waals surface area contributed by atoms with Crippen LogP contribution in [0, 0.1) is 5.82 Å². The lowest BCUT2D eigenvalue weighted by molar-refractivity contribution is -0.110. The molecule has 0 bridgehead atoms. The molecule has 0 unspecified atom stereocenters. The number of carbonyl (C=O) groups is 1. The molecule has 4 rings (SSSR count). The lowest BCUT2D eigenvalue weighted by Crippen LogP contribution is -2.11. The summed E-state index contributed by atoms with van der Waals surface area (Å²) in [4.78, 5) is 17.0. The van der Waals surface area contributed by atoms with Crippen molar-refractivity contribution in [3.63, 3.8) is 0 Å². The van der Waals surface area contributed by atoms with Crippen molar-refractivity contribution >= 4 is 22.9 Å². The molecule has 31 heavy (non-hydrogen) atoms. The van der Waals surface area contributed by atoms with E-state index in [0.717, 1.165) is 0 Å². The van der Waals surface area contributed by atoms with Crippen LogP contribution in [0.4, 0.5) is 15.8 Å². The number of hydrogen-bond donors (Lipinski definition) is 3. The molecule has 0 saturated heterocycles. The molecule has 0 spiro atoms. The minimum atomic E-state index is -0.527. The van der Waals surface area contributed by atoms with E-state index in [2.05, 4.69) is 20.7 Å². The van der Waals surface area contributed by atoms with Gasteiger partial charge in [-0.25, -0.2) is 4.39 Å². The molecule has 3 aromatic rings. The fourth-order valence-electron chi connectivity index (χ4n) is 3.58. The number of nitrogens with zero attached hydrogens (tertiary/aromatic N) is 3. The lowest BCUT2D eigenvalue weighted by atomic mass is 10.0. The first-order chi connectivity index (χ1) is 14.9. The zero-order chi connectivity index (χ0) is 22.1. The van der Waals surface area contributed by atoms with Crippen LogP contribution in [-0.4, -0.2) is 39.0 Å². The summed E-state index contributed by atoms with van der Waals surface area (Å²) < 4.78 is 21.4. The summed E-state index contributed by atoms with van der Waals surface area (Å²) in [5, 5.41) is 19.7. The Morgan fingerprint density at radius 3 is 2.94 bits per heavy atom. The van der Waals surface area contributed by atoms with Crippen molar-refractivity contribution in [3.8, 4) is 17.0 Å². The Morgan fingerprint density at radius 2 is 2.19 bits per heavy atom. The third kappa shape index (κ3) is 3.99. The number of hydrogen-bond acceptors (Lipinski definition) is 6. The van der Waals surface area contributed by atoms with Gasteiger partial charge in [-0.1, -0.05) is 6.07 Å². The maximum Gasteiger partial charge on any atom is 0.258 e. The van der Waals surface area contributed by atoms with E-state index in [1.165, 1.54) is 19.4 Å². The van der Waals surface area contributed by atoms with Gasteiger partial charge in [0.05, 0.1) is 60.4 Å². The number of aromatic nitrogens is 3. The number of anilines is 2. The first-order valence-electron chi connectivity index (χ1n) is 9.70. The van der Waals surface area contributed by atoms with Gasteiger partial charge in [-0.05, 0) is 32.0 Å². The van der Waals surface area contributed by atoms with Gasteiger partial charge in [-0.15, -0.1) is 0 Å². The average molecular weight is 423 g/mol. The topological polar surface area (TPSA) is 101 Å². The Kier molecular flexibility index (Phi) is 5.43. The van der Waals surface area contributed by atoms with Crippen LogP contribution in [0.1, 0.15) is 19.4 Å². The monoisotopic (exact) mass is 423 g/mol. The predicted molar refractivity (Wildman–Crippen MR) is 115 cm³/mol. The summed E-state index contributed by atoms with van der Waals surface area (Å²) >= 11 is 0. The third-order valence-electron chi connectivity index (χ3n) is 4.89. The quantitative estimate of drug-likeness (QED) is 0.526. The van der Waals surface area contributed by atoms with Crippen molar-refractivity contribution in [3.05, 3.63) is 59.9 Å². The lowest BCUT2D eigenvalue weighted by Gasteiger charge is -2.11. The maximum atomic E-state index is 14.5. The standard InChI is InChI=1S/C22H22FN5O3/c1-12(29)10-28-11-14(8-25-28)26-13(2)20-15-7-17(24-9-18(15)27-22(20)30)21-16(23)5-4-6-19(21)31-3/h4-9,11-12,26,29H,10H2,1-3H3,(H,27,30)/b20-13-/t12-/m0/s1. The molecule has 160 valence electrons. The summed E-state index contributed by atoms with van der Waals surface area (Å²) in [6.07, 6.45) is 4.34. The molecule has 3 N–H and O–H groups in total. The first kappa shape index (κ1) is 20.5. The second-order valence-electron chi connectivity index (χ2n) is 7.31. The summed E-state index contributed by atoms with van der Waals surface area (Å²) in [5.41, 5.74) is 3.46. The van der Waals surface area contributed by atoms with Crippen LogP contribution in [0.15, 0.2) is 48.6 Å². The van der Waals surface area contributed by atoms with E-state index in [9.17, 15) is 14.3 Å². The fourth-order valence-corrected chi connectivity index (χ4v) is 3.58. The number of halogens is 1. The van der Waals surface area contributed by atoms with Crippen molar-refractivity contribution in [1.29, 1.82) is 0 Å². The molecular weight excluding hydrogens is 401 g/mol. The number of rotatable bonds is 6. The summed E-state index contributed by atoms with van der Waals surface area (Å²) in [6.45, 7) is 3.82. The number of allylic oxidation sites excluding steroid dienone is 1. The number of aliphatic hydroxyl groups excluding tert-OH is 1. The first-order valence-corrected chi connectivity index (χ1v) is 9.70. The number of methoxy groups -OCH3 is 1. The van der Waals surface area contributed by atoms with Crippen LogP contribution in [0.25, 0.3) is 16.8 Å². The maximum absolute atomic E-state index is 14.5. The van der Waals surface area contributed by atoms with E-state index >= 15 is 0 Å². The fraction of sp³-hybridized carbons (Fsp3) is 0.227. The van der Waals surface area contributed by atoms with Gasteiger partial charge >= 0.3 is 0 Å². The minimum Gasteiger partial charge on any atom is -0.496 e. The van der Waals surface area contributed by atoms with Gasteiger partial charge in [-0.2, -0.15) is 5.10 Å². The zero-order valence-electron chi connectivity index (χ0n) is 17.3. The number of aliphatic hydroxyl groups is 1. The largest absolute Gasteiger partial charge is 0.496 e. The SMILES string of the molecule is COc1cccc(F)c1-c1cc2c(cn1)NC(=O)/C2=C(/C)Nc1cnn(C[C@H](C)O)c1. The van der Waals surface area contributed by atoms with Crippen LogP contribution < -0.4 is 15.4 Å². The van der Waals surface area contributed by atoms with Gasteiger partial charge in [0.15, 0.2) is 0 Å². The van der Waals surface area contributed by atoms with Crippen molar-refractivity contribution in [1.82, 2.24) is 14.8 Å². The Labute approximate surface area is 178 Å². The number of nitrogens with one attached hydrogen (secondary N) is 2. The number of pyridine rings is 1. The molecule has 1 aliphatic rings. The van der Waals surface area contributed by atoms with Crippen molar-refractivity contribution in [2.45, 2.75) is 26.5 Å². The van der Waals surface area contributed by atoms with Crippen LogP contribution in [0.2, 0.25) is 0 Å². The normalized spacial score (nSPS) is 15.3. The molecule has 0 fully saturated rings. The Bertz CT molecular complexity index is 1190. The van der Waals surface area contributed by atoms with Gasteiger partial charge in [-0.3, -0.25) is 14.5 Å². The number of fused-ring (bicyclic) bond motifs is 1. The third-order valence-corrected chi connectivity index (χ3v) is 4.89. The van der Waals surface area contributed by atoms with E-state index in [-0.39, 0.29) is 11.5 Å². The van der Waals surface area contributed by atoms with E-state index < -0.39 is 11.9 Å². The second kappa shape index (κ2) is 8.19. The number of amides is 1. The molecule has 0 saturated carbocycles. The van der Waals surface area contributed by atoms with Gasteiger partial charge in [0.2, 0.25) is 0 Å². The van der Waals surface area contributed by atoms with Gasteiger partial charge in [0.1, 0.15) is 11.6 Å². The minimum absolute atomic E-state index is 0.233. The number of ether oxygens (including phenoxy) is 1. The van der Waals surface area contributed by atoms with E-state index in [1.807, 2.05) is 0 Å². The number of carbonyl (C=O) groups excluding carboxylic acids is 1. The van der Waals surface area contributed by atoms with Crippen LogP contribution in [-0.2, 0) is 11.3 Å². The summed E-state index contributed by atoms with van der Waals surface area (Å²) in [5.74, 6) is -0.388. The molecule has 1 aliphatic heterocycles. The van der Waals surface area contributed by atoms with Crippen LogP contribution in [0.5, 0.6) is 5.75 Å². The second-order valence-corrected chi connectivity index (χ2v) is 7.31. The molecule has 9 heteroatoms. The van der Waals surface area contributed by atoms with Crippen LogP contribution >= 0.6 is 0 Å².